The van der Waals surface area contributed by atoms with E-state index in [4.69, 9.17) is 0 Å². The van der Waals surface area contributed by atoms with E-state index >= 15 is 0 Å². The summed E-state index contributed by atoms with van der Waals surface area (Å²) in [6, 6.07) is 6.48. The quantitative estimate of drug-likeness (QED) is 0.824. The number of carbonyl (C=O) groups excluding carboxylic acids is 1. The Bertz CT molecular complexity index is 492. The molecule has 0 bridgehead atoms. The van der Waals surface area contributed by atoms with Crippen LogP contribution >= 0.6 is 15.9 Å². The largest absolute Gasteiger partial charge is 0.339 e. The summed E-state index contributed by atoms with van der Waals surface area (Å²) in [4.78, 5) is 17.2. The van der Waals surface area contributed by atoms with Gasteiger partial charge in [-0.15, -0.1) is 0 Å². The van der Waals surface area contributed by atoms with E-state index in [0.717, 1.165) is 54.6 Å². The van der Waals surface area contributed by atoms with E-state index in [2.05, 4.69) is 34.7 Å². The highest BCUT2D eigenvalue weighted by molar-refractivity contribution is 9.10. The number of halogens is 1. The fourth-order valence-electron chi connectivity index (χ4n) is 3.18. The van der Waals surface area contributed by atoms with E-state index in [1.165, 1.54) is 0 Å². The van der Waals surface area contributed by atoms with Crippen LogP contribution in [0.2, 0.25) is 0 Å². The number of benzene rings is 1. The van der Waals surface area contributed by atoms with Gasteiger partial charge in [0, 0.05) is 29.2 Å². The third-order valence-electron chi connectivity index (χ3n) is 4.58. The summed E-state index contributed by atoms with van der Waals surface area (Å²) in [5, 5.41) is 0. The van der Waals surface area contributed by atoms with Gasteiger partial charge in [0.1, 0.15) is 0 Å². The van der Waals surface area contributed by atoms with Crippen LogP contribution in [0, 0.1) is 6.92 Å². The first-order valence-corrected chi connectivity index (χ1v) is 8.66. The molecule has 1 aliphatic rings. The van der Waals surface area contributed by atoms with Crippen molar-refractivity contribution in [2.45, 2.75) is 39.7 Å². The first-order chi connectivity index (χ1) is 10.1. The molecule has 0 spiro atoms. The van der Waals surface area contributed by atoms with Crippen molar-refractivity contribution in [3.63, 3.8) is 0 Å². The second-order valence-corrected chi connectivity index (χ2v) is 6.51. The molecule has 0 N–H and O–H groups in total. The number of amides is 1. The minimum Gasteiger partial charge on any atom is -0.339 e. The molecule has 1 aromatic carbocycles. The van der Waals surface area contributed by atoms with Gasteiger partial charge >= 0.3 is 0 Å². The van der Waals surface area contributed by atoms with Crippen molar-refractivity contribution in [1.29, 1.82) is 0 Å². The van der Waals surface area contributed by atoms with Crippen molar-refractivity contribution in [2.75, 3.05) is 26.2 Å². The van der Waals surface area contributed by atoms with Gasteiger partial charge in [-0.25, -0.2) is 0 Å². The van der Waals surface area contributed by atoms with Gasteiger partial charge in [-0.1, -0.05) is 35.8 Å². The zero-order chi connectivity index (χ0) is 15.4. The first kappa shape index (κ1) is 16.5. The third-order valence-corrected chi connectivity index (χ3v) is 5.44. The highest BCUT2D eigenvalue weighted by atomic mass is 79.9. The highest BCUT2D eigenvalue weighted by Crippen LogP contribution is 2.23. The van der Waals surface area contributed by atoms with E-state index in [1.54, 1.807) is 0 Å². The standard InChI is InChI=1S/C17H25BrN2O/c1-4-19(5-2)14-9-11-20(12-10-14)17(21)15-7-6-8-16(18)13(15)3/h6-8,14H,4-5,9-12H2,1-3H3. The van der Waals surface area contributed by atoms with Crippen molar-refractivity contribution in [2.24, 2.45) is 0 Å². The van der Waals surface area contributed by atoms with Crippen molar-refractivity contribution >= 4 is 21.8 Å². The summed E-state index contributed by atoms with van der Waals surface area (Å²) < 4.78 is 1.01. The smallest absolute Gasteiger partial charge is 0.254 e. The molecule has 1 amide bonds. The van der Waals surface area contributed by atoms with Gasteiger partial charge in [0.05, 0.1) is 0 Å². The lowest BCUT2D eigenvalue weighted by Crippen LogP contribution is -2.46. The first-order valence-electron chi connectivity index (χ1n) is 7.86. The molecule has 1 aromatic rings. The molecular weight excluding hydrogens is 328 g/mol. The third kappa shape index (κ3) is 3.67. The van der Waals surface area contributed by atoms with Crippen LogP contribution in [0.3, 0.4) is 0 Å². The number of carbonyl (C=O) groups is 1. The normalized spacial score (nSPS) is 16.5. The van der Waals surface area contributed by atoms with Crippen molar-refractivity contribution in [1.82, 2.24) is 9.80 Å². The fraction of sp³-hybridized carbons (Fsp3) is 0.588. The van der Waals surface area contributed by atoms with Gasteiger partial charge in [-0.05, 0) is 50.6 Å². The molecule has 116 valence electrons. The molecular formula is C17H25BrN2O. The van der Waals surface area contributed by atoms with Gasteiger partial charge in [0.15, 0.2) is 0 Å². The van der Waals surface area contributed by atoms with Gasteiger partial charge in [-0.2, -0.15) is 0 Å². The van der Waals surface area contributed by atoms with Crippen molar-refractivity contribution < 1.29 is 4.79 Å². The molecule has 1 aliphatic heterocycles. The molecule has 21 heavy (non-hydrogen) atoms. The lowest BCUT2D eigenvalue weighted by molar-refractivity contribution is 0.0630. The second kappa shape index (κ2) is 7.41. The molecule has 0 radical (unpaired) electrons. The van der Waals surface area contributed by atoms with Crippen LogP contribution in [0.25, 0.3) is 0 Å². The van der Waals surface area contributed by atoms with Crippen LogP contribution < -0.4 is 0 Å². The fourth-order valence-corrected chi connectivity index (χ4v) is 3.55. The topological polar surface area (TPSA) is 23.6 Å². The molecule has 0 aliphatic carbocycles. The van der Waals surface area contributed by atoms with Crippen LogP contribution in [0.1, 0.15) is 42.6 Å². The maximum Gasteiger partial charge on any atom is 0.254 e. The second-order valence-electron chi connectivity index (χ2n) is 5.66. The molecule has 1 fully saturated rings. The summed E-state index contributed by atoms with van der Waals surface area (Å²) in [5.74, 6) is 0.173. The van der Waals surface area contributed by atoms with Gasteiger partial charge in [0.2, 0.25) is 0 Å². The SMILES string of the molecule is CCN(CC)C1CCN(C(=O)c2cccc(Br)c2C)CC1. The number of hydrogen-bond acceptors (Lipinski definition) is 2. The summed E-state index contributed by atoms with van der Waals surface area (Å²) >= 11 is 3.51. The predicted octanol–water partition coefficient (Wildman–Crippen LogP) is 3.70. The Morgan fingerprint density at radius 1 is 1.29 bits per heavy atom. The number of likely N-dealkylation sites (tertiary alicyclic amines) is 1. The molecule has 1 saturated heterocycles. The zero-order valence-corrected chi connectivity index (χ0v) is 14.8. The predicted molar refractivity (Wildman–Crippen MR) is 90.7 cm³/mol. The van der Waals surface area contributed by atoms with E-state index in [-0.39, 0.29) is 5.91 Å². The van der Waals surface area contributed by atoms with Crippen LogP contribution in [-0.4, -0.2) is 47.9 Å². The van der Waals surface area contributed by atoms with E-state index < -0.39 is 0 Å². The molecule has 3 nitrogen and oxygen atoms in total. The average Bonchev–Trinajstić information content (AvgIpc) is 2.51. The molecule has 2 rings (SSSR count). The Morgan fingerprint density at radius 3 is 2.48 bits per heavy atom. The highest BCUT2D eigenvalue weighted by Gasteiger charge is 2.26. The monoisotopic (exact) mass is 352 g/mol. The Kier molecular flexibility index (Phi) is 5.82. The lowest BCUT2D eigenvalue weighted by Gasteiger charge is -2.37. The summed E-state index contributed by atoms with van der Waals surface area (Å²) in [7, 11) is 0. The summed E-state index contributed by atoms with van der Waals surface area (Å²) in [5.41, 5.74) is 1.86. The molecule has 0 unspecified atom stereocenters. The molecule has 0 atom stereocenters. The van der Waals surface area contributed by atoms with E-state index in [0.29, 0.717) is 6.04 Å². The Hall–Kier alpha value is -0.870. The summed E-state index contributed by atoms with van der Waals surface area (Å²) in [6.07, 6.45) is 2.17. The number of nitrogens with zero attached hydrogens (tertiary/aromatic N) is 2. The number of rotatable bonds is 4. The lowest BCUT2D eigenvalue weighted by atomic mass is 10.0. The molecule has 1 heterocycles. The van der Waals surface area contributed by atoms with Crippen molar-refractivity contribution in [3.05, 3.63) is 33.8 Å². The van der Waals surface area contributed by atoms with E-state index in [1.807, 2.05) is 30.0 Å². The van der Waals surface area contributed by atoms with Gasteiger partial charge in [0.25, 0.3) is 5.91 Å². The van der Waals surface area contributed by atoms with Crippen molar-refractivity contribution in [3.8, 4) is 0 Å². The molecule has 0 saturated carbocycles. The number of hydrogen-bond donors (Lipinski definition) is 0. The van der Waals surface area contributed by atoms with Crippen LogP contribution in [0.15, 0.2) is 22.7 Å². The van der Waals surface area contributed by atoms with Crippen LogP contribution in [-0.2, 0) is 0 Å². The Morgan fingerprint density at radius 2 is 1.90 bits per heavy atom. The molecule has 0 aromatic heterocycles. The van der Waals surface area contributed by atoms with Gasteiger partial charge in [-0.3, -0.25) is 4.79 Å². The number of piperidine rings is 1. The molecule has 4 heteroatoms. The zero-order valence-electron chi connectivity index (χ0n) is 13.2. The van der Waals surface area contributed by atoms with Gasteiger partial charge < -0.3 is 9.80 Å². The minimum absolute atomic E-state index is 0.173. The Balaban J connectivity index is 2.02. The maximum atomic E-state index is 12.7. The van der Waals surface area contributed by atoms with E-state index in [9.17, 15) is 4.79 Å². The summed E-state index contributed by atoms with van der Waals surface area (Å²) in [6.45, 7) is 10.4. The van der Waals surface area contributed by atoms with Crippen LogP contribution in [0.4, 0.5) is 0 Å². The maximum absolute atomic E-state index is 12.7. The van der Waals surface area contributed by atoms with Crippen LogP contribution in [0.5, 0.6) is 0 Å². The minimum atomic E-state index is 0.173. The average molecular weight is 353 g/mol. The Labute approximate surface area is 136 Å².